The number of rotatable bonds is 5. The van der Waals surface area contributed by atoms with Crippen LogP contribution in [0.5, 0.6) is 0 Å². The SMILES string of the molecule is CCC(Nc1ccc(C)c([N+](=O)[O-])c1)c1ccc(C)cc1. The third-order valence-corrected chi connectivity index (χ3v) is 3.63. The highest BCUT2D eigenvalue weighted by molar-refractivity contribution is 5.55. The minimum absolute atomic E-state index is 0.146. The van der Waals surface area contributed by atoms with Crippen LogP contribution >= 0.6 is 0 Å². The smallest absolute Gasteiger partial charge is 0.274 e. The number of hydrogen-bond acceptors (Lipinski definition) is 3. The summed E-state index contributed by atoms with van der Waals surface area (Å²) in [6, 6.07) is 13.8. The van der Waals surface area contributed by atoms with Crippen molar-refractivity contribution in [1.29, 1.82) is 0 Å². The van der Waals surface area contributed by atoms with E-state index in [1.54, 1.807) is 19.1 Å². The minimum Gasteiger partial charge on any atom is -0.378 e. The van der Waals surface area contributed by atoms with Gasteiger partial charge in [-0.1, -0.05) is 42.8 Å². The molecule has 110 valence electrons. The monoisotopic (exact) mass is 284 g/mol. The molecule has 1 N–H and O–H groups in total. The molecule has 0 heterocycles. The first-order chi connectivity index (χ1) is 10.0. The summed E-state index contributed by atoms with van der Waals surface area (Å²) in [7, 11) is 0. The highest BCUT2D eigenvalue weighted by Crippen LogP contribution is 2.27. The van der Waals surface area contributed by atoms with E-state index in [1.165, 1.54) is 11.1 Å². The summed E-state index contributed by atoms with van der Waals surface area (Å²) in [5.74, 6) is 0. The van der Waals surface area contributed by atoms with Crippen molar-refractivity contribution in [1.82, 2.24) is 0 Å². The first kappa shape index (κ1) is 15.0. The van der Waals surface area contributed by atoms with Crippen LogP contribution in [0.15, 0.2) is 42.5 Å². The number of nitro groups is 1. The van der Waals surface area contributed by atoms with Gasteiger partial charge in [-0.3, -0.25) is 10.1 Å². The fourth-order valence-electron chi connectivity index (χ4n) is 2.32. The van der Waals surface area contributed by atoms with Crippen LogP contribution in [0.3, 0.4) is 0 Å². The van der Waals surface area contributed by atoms with Gasteiger partial charge in [-0.2, -0.15) is 0 Å². The quantitative estimate of drug-likeness (QED) is 0.635. The standard InChI is InChI=1S/C17H20N2O2/c1-4-16(14-8-5-12(2)6-9-14)18-15-10-7-13(3)17(11-15)19(20)21/h5-11,16,18H,4H2,1-3H3. The molecular formula is C17H20N2O2. The predicted molar refractivity (Wildman–Crippen MR) is 85.7 cm³/mol. The number of anilines is 1. The van der Waals surface area contributed by atoms with Crippen LogP contribution in [0.4, 0.5) is 11.4 Å². The van der Waals surface area contributed by atoms with Gasteiger partial charge in [-0.25, -0.2) is 0 Å². The zero-order valence-corrected chi connectivity index (χ0v) is 12.6. The number of nitrogens with one attached hydrogen (secondary N) is 1. The average molecular weight is 284 g/mol. The Bertz CT molecular complexity index is 636. The molecule has 0 saturated carbocycles. The van der Waals surface area contributed by atoms with Gasteiger partial charge >= 0.3 is 0 Å². The number of hydrogen-bond donors (Lipinski definition) is 1. The topological polar surface area (TPSA) is 55.2 Å². The molecular weight excluding hydrogens is 264 g/mol. The lowest BCUT2D eigenvalue weighted by molar-refractivity contribution is -0.385. The van der Waals surface area contributed by atoms with E-state index in [0.717, 1.165) is 12.1 Å². The van der Waals surface area contributed by atoms with Crippen LogP contribution in [0, 0.1) is 24.0 Å². The van der Waals surface area contributed by atoms with E-state index in [-0.39, 0.29) is 16.7 Å². The molecule has 0 fully saturated rings. The number of aryl methyl sites for hydroxylation is 2. The second-order valence-corrected chi connectivity index (χ2v) is 5.27. The summed E-state index contributed by atoms with van der Waals surface area (Å²) in [4.78, 5) is 10.7. The molecule has 1 unspecified atom stereocenters. The van der Waals surface area contributed by atoms with Crippen LogP contribution in [0.25, 0.3) is 0 Å². The first-order valence-electron chi connectivity index (χ1n) is 7.09. The highest BCUT2D eigenvalue weighted by Gasteiger charge is 2.14. The molecule has 0 saturated heterocycles. The van der Waals surface area contributed by atoms with Crippen molar-refractivity contribution in [2.45, 2.75) is 33.2 Å². The van der Waals surface area contributed by atoms with E-state index in [9.17, 15) is 10.1 Å². The third kappa shape index (κ3) is 3.60. The van der Waals surface area contributed by atoms with Crippen LogP contribution in [0.1, 0.15) is 36.1 Å². The van der Waals surface area contributed by atoms with Gasteiger partial charge in [0.2, 0.25) is 0 Å². The van der Waals surface area contributed by atoms with Crippen molar-refractivity contribution in [3.8, 4) is 0 Å². The normalized spacial score (nSPS) is 12.0. The van der Waals surface area contributed by atoms with E-state index in [0.29, 0.717) is 5.56 Å². The summed E-state index contributed by atoms with van der Waals surface area (Å²) >= 11 is 0. The van der Waals surface area contributed by atoms with Gasteiger partial charge in [-0.15, -0.1) is 0 Å². The molecule has 2 rings (SSSR count). The second kappa shape index (κ2) is 6.39. The Hall–Kier alpha value is -2.36. The first-order valence-corrected chi connectivity index (χ1v) is 7.09. The molecule has 4 nitrogen and oxygen atoms in total. The van der Waals surface area contributed by atoms with Crippen LogP contribution in [-0.2, 0) is 0 Å². The second-order valence-electron chi connectivity index (χ2n) is 5.27. The summed E-state index contributed by atoms with van der Waals surface area (Å²) in [5, 5.41) is 14.4. The van der Waals surface area contributed by atoms with E-state index in [4.69, 9.17) is 0 Å². The van der Waals surface area contributed by atoms with Gasteiger partial charge in [0, 0.05) is 17.3 Å². The van der Waals surface area contributed by atoms with Crippen molar-refractivity contribution in [3.63, 3.8) is 0 Å². The number of nitro benzene ring substituents is 1. The minimum atomic E-state index is -0.340. The zero-order valence-electron chi connectivity index (χ0n) is 12.6. The molecule has 0 bridgehead atoms. The van der Waals surface area contributed by atoms with Crippen molar-refractivity contribution in [3.05, 3.63) is 69.3 Å². The Morgan fingerprint density at radius 1 is 1.14 bits per heavy atom. The van der Waals surface area contributed by atoms with Crippen LogP contribution < -0.4 is 5.32 Å². The van der Waals surface area contributed by atoms with Crippen molar-refractivity contribution in [2.75, 3.05) is 5.32 Å². The largest absolute Gasteiger partial charge is 0.378 e. The molecule has 0 spiro atoms. The Morgan fingerprint density at radius 3 is 2.38 bits per heavy atom. The van der Waals surface area contributed by atoms with Gasteiger partial charge in [0.25, 0.3) is 5.69 Å². The zero-order chi connectivity index (χ0) is 15.4. The van der Waals surface area contributed by atoms with Gasteiger partial charge in [-0.05, 0) is 31.9 Å². The third-order valence-electron chi connectivity index (χ3n) is 3.63. The van der Waals surface area contributed by atoms with Gasteiger partial charge < -0.3 is 5.32 Å². The average Bonchev–Trinajstić information content (AvgIpc) is 2.47. The maximum absolute atomic E-state index is 11.0. The molecule has 0 amide bonds. The molecule has 0 aromatic heterocycles. The fraction of sp³-hybridized carbons (Fsp3) is 0.294. The maximum atomic E-state index is 11.0. The number of benzene rings is 2. The maximum Gasteiger partial charge on any atom is 0.274 e. The lowest BCUT2D eigenvalue weighted by atomic mass is 10.0. The summed E-state index contributed by atoms with van der Waals surface area (Å²) in [6.45, 7) is 5.90. The molecule has 2 aromatic rings. The van der Waals surface area contributed by atoms with Crippen molar-refractivity contribution >= 4 is 11.4 Å². The fourth-order valence-corrected chi connectivity index (χ4v) is 2.32. The predicted octanol–water partition coefficient (Wildman–Crippen LogP) is 4.77. The molecule has 0 radical (unpaired) electrons. The summed E-state index contributed by atoms with van der Waals surface area (Å²) in [5.41, 5.74) is 4.01. The Balaban J connectivity index is 2.24. The van der Waals surface area contributed by atoms with Crippen LogP contribution in [-0.4, -0.2) is 4.92 Å². The van der Waals surface area contributed by atoms with Crippen LogP contribution in [0.2, 0.25) is 0 Å². The van der Waals surface area contributed by atoms with E-state index in [2.05, 4.69) is 43.4 Å². The Kier molecular flexibility index (Phi) is 4.58. The molecule has 0 aliphatic carbocycles. The van der Waals surface area contributed by atoms with Crippen molar-refractivity contribution in [2.24, 2.45) is 0 Å². The van der Waals surface area contributed by atoms with Gasteiger partial charge in [0.05, 0.1) is 11.0 Å². The lowest BCUT2D eigenvalue weighted by Crippen LogP contribution is -2.10. The van der Waals surface area contributed by atoms with Gasteiger partial charge in [0.15, 0.2) is 0 Å². The molecule has 21 heavy (non-hydrogen) atoms. The van der Waals surface area contributed by atoms with Gasteiger partial charge in [0.1, 0.15) is 0 Å². The summed E-state index contributed by atoms with van der Waals surface area (Å²) < 4.78 is 0. The van der Waals surface area contributed by atoms with E-state index < -0.39 is 0 Å². The summed E-state index contributed by atoms with van der Waals surface area (Å²) in [6.07, 6.45) is 0.907. The molecule has 0 aliphatic rings. The molecule has 0 aliphatic heterocycles. The lowest BCUT2D eigenvalue weighted by Gasteiger charge is -2.19. The Labute approximate surface area is 125 Å². The Morgan fingerprint density at radius 2 is 1.81 bits per heavy atom. The molecule has 2 aromatic carbocycles. The highest BCUT2D eigenvalue weighted by atomic mass is 16.6. The number of nitrogens with zero attached hydrogens (tertiary/aromatic N) is 1. The molecule has 4 heteroatoms. The van der Waals surface area contributed by atoms with Crippen molar-refractivity contribution < 1.29 is 4.92 Å². The van der Waals surface area contributed by atoms with E-state index in [1.807, 2.05) is 6.07 Å². The molecule has 1 atom stereocenters. The van der Waals surface area contributed by atoms with E-state index >= 15 is 0 Å².